The molecule has 0 spiro atoms. The number of alkyl halides is 4. The van der Waals surface area contributed by atoms with Gasteiger partial charge in [0.1, 0.15) is 39.9 Å². The van der Waals surface area contributed by atoms with E-state index in [2.05, 4.69) is 25.8 Å². The summed E-state index contributed by atoms with van der Waals surface area (Å²) >= 11 is 6.81. The number of halogens is 7. The zero-order valence-electron chi connectivity index (χ0n) is 28.2. The lowest BCUT2D eigenvalue weighted by atomic mass is 9.95. The highest BCUT2D eigenvalue weighted by Gasteiger charge is 2.52. The number of hydrogen-bond acceptors (Lipinski definition) is 8. The van der Waals surface area contributed by atoms with Crippen molar-refractivity contribution in [3.05, 3.63) is 46.6 Å². The molecule has 0 radical (unpaired) electrons. The average molecular weight is 759 g/mol. The number of nitrogens with zero attached hydrogens (tertiary/aromatic N) is 6. The molecule has 278 valence electrons. The van der Waals surface area contributed by atoms with Crippen LogP contribution in [0.2, 0.25) is 5.15 Å². The lowest BCUT2D eigenvalue weighted by Gasteiger charge is -2.42. The number of piperazine rings is 1. The van der Waals surface area contributed by atoms with Crippen LogP contribution >= 0.6 is 11.6 Å². The first-order chi connectivity index (χ1) is 25.2. The Morgan fingerprint density at radius 3 is 2.38 bits per heavy atom. The van der Waals surface area contributed by atoms with Gasteiger partial charge in [-0.3, -0.25) is 4.79 Å². The molecule has 4 aromatic rings. The maximum Gasteiger partial charge on any atom is 0.471 e. The van der Waals surface area contributed by atoms with Gasteiger partial charge in [-0.2, -0.15) is 23.1 Å². The van der Waals surface area contributed by atoms with Gasteiger partial charge in [0.05, 0.1) is 29.6 Å². The van der Waals surface area contributed by atoms with Gasteiger partial charge in [0, 0.05) is 49.1 Å². The van der Waals surface area contributed by atoms with Gasteiger partial charge in [0.25, 0.3) is 0 Å². The highest BCUT2D eigenvalue weighted by Crippen LogP contribution is 2.48. The molecule has 1 saturated carbocycles. The predicted molar refractivity (Wildman–Crippen MR) is 184 cm³/mol. The molecule has 3 aliphatic heterocycles. The van der Waals surface area contributed by atoms with E-state index in [1.54, 1.807) is 4.90 Å². The van der Waals surface area contributed by atoms with Gasteiger partial charge in [-0.1, -0.05) is 23.6 Å². The number of ether oxygens (including phenoxy) is 1. The Hall–Kier alpha value is -4.55. The average Bonchev–Trinajstić information content (AvgIpc) is 3.84. The van der Waals surface area contributed by atoms with Crippen LogP contribution in [0.5, 0.6) is 11.8 Å². The van der Waals surface area contributed by atoms with E-state index in [1.807, 2.05) is 0 Å². The van der Waals surface area contributed by atoms with Crippen molar-refractivity contribution in [1.82, 2.24) is 24.8 Å². The van der Waals surface area contributed by atoms with E-state index in [9.17, 15) is 31.9 Å². The first kappa shape index (κ1) is 35.5. The number of likely N-dealkylation sites (tertiary alicyclic amines) is 1. The van der Waals surface area contributed by atoms with Crippen molar-refractivity contribution in [2.24, 2.45) is 5.41 Å². The first-order valence-electron chi connectivity index (χ1n) is 17.4. The molecular weight excluding hydrogens is 726 g/mol. The molecule has 0 unspecified atom stereocenters. The van der Waals surface area contributed by atoms with Gasteiger partial charge < -0.3 is 24.5 Å². The molecule has 2 aromatic carbocycles. The number of piperidine rings is 1. The molecule has 3 saturated heterocycles. The third kappa shape index (κ3) is 6.43. The number of hydrogen-bond donors (Lipinski definition) is 1. The monoisotopic (exact) mass is 758 g/mol. The minimum atomic E-state index is -5.04. The third-order valence-corrected chi connectivity index (χ3v) is 11.2. The maximum absolute atomic E-state index is 17.0. The van der Waals surface area contributed by atoms with Crippen LogP contribution in [0, 0.1) is 29.4 Å². The van der Waals surface area contributed by atoms with Crippen molar-refractivity contribution >= 4 is 45.0 Å². The second-order valence-corrected chi connectivity index (χ2v) is 14.9. The Morgan fingerprint density at radius 2 is 1.74 bits per heavy atom. The quantitative estimate of drug-likeness (QED) is 0.125. The number of phenols is 1. The third-order valence-electron chi connectivity index (χ3n) is 11.0. The summed E-state index contributed by atoms with van der Waals surface area (Å²) in [5.41, 5.74) is -1.21. The van der Waals surface area contributed by atoms with Gasteiger partial charge >= 0.3 is 18.1 Å². The van der Waals surface area contributed by atoms with Crippen LogP contribution in [-0.2, 0) is 4.79 Å². The molecule has 8 rings (SSSR count). The molecule has 1 aliphatic carbocycles. The standard InChI is InChI=1S/C37H33ClF6N6O3/c1-2-24-26(40)6-3-19-13-23(51)14-25(27(19)24)30-29(41)31-28(32(38)45-30)33(49-15-21-4-5-22(16-49)50(21)34(52)37(42,43)44)47-35(46-31)53-18-36(9-10-36)17-48-11-7-20(39)8-12-48/h1,3,6,13-14,20-22,51H,4-5,7-12,15-18H2/t21-,22+. The maximum atomic E-state index is 17.0. The number of rotatable bonds is 7. The second kappa shape index (κ2) is 13.1. The number of aromatic nitrogens is 3. The molecule has 2 atom stereocenters. The fourth-order valence-corrected chi connectivity index (χ4v) is 8.41. The zero-order chi connectivity index (χ0) is 37.4. The van der Waals surface area contributed by atoms with Crippen LogP contribution in [-0.4, -0.2) is 99.5 Å². The zero-order valence-corrected chi connectivity index (χ0v) is 29.0. The molecule has 1 N–H and O–H groups in total. The fraction of sp³-hybridized carbons (Fsp3) is 0.459. The van der Waals surface area contributed by atoms with Crippen molar-refractivity contribution in [1.29, 1.82) is 0 Å². The fourth-order valence-electron chi connectivity index (χ4n) is 8.15. The van der Waals surface area contributed by atoms with Crippen molar-refractivity contribution in [3.63, 3.8) is 0 Å². The summed E-state index contributed by atoms with van der Waals surface area (Å²) in [6.07, 6.45) is 3.03. The van der Waals surface area contributed by atoms with Gasteiger partial charge in [-0.25, -0.2) is 18.2 Å². The number of fused-ring (bicyclic) bond motifs is 4. The minimum Gasteiger partial charge on any atom is -0.508 e. The van der Waals surface area contributed by atoms with Gasteiger partial charge in [-0.15, -0.1) is 6.42 Å². The summed E-state index contributed by atoms with van der Waals surface area (Å²) < 4.78 is 92.5. The summed E-state index contributed by atoms with van der Waals surface area (Å²) in [6, 6.07) is 3.23. The van der Waals surface area contributed by atoms with Crippen LogP contribution < -0.4 is 9.64 Å². The van der Waals surface area contributed by atoms with E-state index in [4.69, 9.17) is 22.8 Å². The first-order valence-corrected chi connectivity index (χ1v) is 17.8. The molecule has 1 amide bonds. The lowest BCUT2D eigenvalue weighted by molar-refractivity contribution is -0.188. The molecular formula is C37H33ClF6N6O3. The van der Waals surface area contributed by atoms with Crippen molar-refractivity contribution in [3.8, 4) is 35.4 Å². The van der Waals surface area contributed by atoms with E-state index in [-0.39, 0.29) is 75.3 Å². The molecule has 4 aliphatic rings. The summed E-state index contributed by atoms with van der Waals surface area (Å²) in [4.78, 5) is 30.5. The Morgan fingerprint density at radius 1 is 1.04 bits per heavy atom. The van der Waals surface area contributed by atoms with E-state index in [1.165, 1.54) is 18.2 Å². The summed E-state index contributed by atoms with van der Waals surface area (Å²) in [6.45, 7) is 1.98. The Kier molecular flexibility index (Phi) is 8.76. The summed E-state index contributed by atoms with van der Waals surface area (Å²) in [5.74, 6) is -1.60. The number of terminal acetylenes is 1. The van der Waals surface area contributed by atoms with Crippen molar-refractivity contribution in [2.75, 3.05) is 44.2 Å². The van der Waals surface area contributed by atoms with E-state index in [0.29, 0.717) is 50.7 Å². The Labute approximate surface area is 304 Å². The summed E-state index contributed by atoms with van der Waals surface area (Å²) in [5, 5.41) is 10.7. The minimum absolute atomic E-state index is 0.0432. The van der Waals surface area contributed by atoms with Crippen LogP contribution in [0.1, 0.15) is 44.1 Å². The van der Waals surface area contributed by atoms with Crippen molar-refractivity contribution < 1.29 is 41.0 Å². The number of carbonyl (C=O) groups excluding carboxylic acids is 1. The molecule has 9 nitrogen and oxygen atoms in total. The number of carbonyl (C=O) groups is 1. The molecule has 2 aromatic heterocycles. The molecule has 5 heterocycles. The number of aromatic hydroxyl groups is 1. The van der Waals surface area contributed by atoms with Crippen LogP contribution in [0.4, 0.5) is 32.2 Å². The Bertz CT molecular complexity index is 2170. The van der Waals surface area contributed by atoms with E-state index >= 15 is 4.39 Å². The Balaban J connectivity index is 1.22. The number of amides is 1. The summed E-state index contributed by atoms with van der Waals surface area (Å²) in [7, 11) is 0. The number of anilines is 1. The topological polar surface area (TPSA) is 94.9 Å². The number of pyridine rings is 1. The SMILES string of the molecule is C#Cc1c(F)ccc2cc(O)cc(-c3nc(Cl)c4c(N5C[C@H]6CC[C@@H](C5)N6C(=O)C(F)(F)F)nc(OCC5(CN6CCC(F)CC6)CC5)nc4c3F)c12. The van der Waals surface area contributed by atoms with Crippen LogP contribution in [0.15, 0.2) is 24.3 Å². The van der Waals surface area contributed by atoms with E-state index in [0.717, 1.165) is 23.8 Å². The van der Waals surface area contributed by atoms with Crippen LogP contribution in [0.25, 0.3) is 32.9 Å². The molecule has 53 heavy (non-hydrogen) atoms. The van der Waals surface area contributed by atoms with Crippen LogP contribution in [0.3, 0.4) is 0 Å². The molecule has 2 bridgehead atoms. The molecule has 16 heteroatoms. The van der Waals surface area contributed by atoms with Gasteiger partial charge in [-0.05, 0) is 62.1 Å². The highest BCUT2D eigenvalue weighted by atomic mass is 35.5. The lowest BCUT2D eigenvalue weighted by Crippen LogP contribution is -2.59. The van der Waals surface area contributed by atoms with E-state index < -0.39 is 47.7 Å². The van der Waals surface area contributed by atoms with Crippen molar-refractivity contribution in [2.45, 2.75) is 63.0 Å². The smallest absolute Gasteiger partial charge is 0.471 e. The molecule has 4 fully saturated rings. The highest BCUT2D eigenvalue weighted by molar-refractivity contribution is 6.35. The van der Waals surface area contributed by atoms with Gasteiger partial charge in [0.2, 0.25) is 0 Å². The number of benzene rings is 2. The second-order valence-electron chi connectivity index (χ2n) is 14.5. The largest absolute Gasteiger partial charge is 0.508 e. The van der Waals surface area contributed by atoms with Gasteiger partial charge in [0.15, 0.2) is 5.82 Å². The normalized spacial score (nSPS) is 21.7. The predicted octanol–water partition coefficient (Wildman–Crippen LogP) is 6.80. The number of phenolic OH excluding ortho intramolecular Hbond substituents is 1.